The molecule has 41 heavy (non-hydrogen) atoms. The zero-order valence-corrected chi connectivity index (χ0v) is 24.7. The molecule has 2 N–H and O–H groups in total. The van der Waals surface area contributed by atoms with Crippen LogP contribution < -0.4 is 15.2 Å². The van der Waals surface area contributed by atoms with Crippen molar-refractivity contribution in [2.75, 3.05) is 27.4 Å². The number of imide groups is 1. The Labute approximate surface area is 241 Å². The van der Waals surface area contributed by atoms with Gasteiger partial charge in [-0.25, -0.2) is 14.5 Å². The first-order valence-electron chi connectivity index (χ1n) is 13.3. The molecule has 1 saturated heterocycles. The van der Waals surface area contributed by atoms with Crippen molar-refractivity contribution in [1.29, 1.82) is 0 Å². The first-order valence-corrected chi connectivity index (χ1v) is 13.3. The first kappa shape index (κ1) is 34.7. The maximum Gasteiger partial charge on any atom is 0.416 e. The number of hydrogen-bond donors (Lipinski definition) is 1. The van der Waals surface area contributed by atoms with Crippen LogP contribution in [-0.4, -0.2) is 62.4 Å². The summed E-state index contributed by atoms with van der Waals surface area (Å²) in [7, 11) is 3.12. The van der Waals surface area contributed by atoms with Crippen molar-refractivity contribution in [1.82, 2.24) is 4.90 Å². The van der Waals surface area contributed by atoms with Crippen LogP contribution in [0.1, 0.15) is 64.0 Å². The van der Waals surface area contributed by atoms with E-state index in [1.54, 1.807) is 47.1 Å². The Morgan fingerprint density at radius 3 is 2.07 bits per heavy atom. The number of amides is 3. The predicted molar refractivity (Wildman–Crippen MR) is 153 cm³/mol. The molecule has 2 aromatic rings. The van der Waals surface area contributed by atoms with Crippen LogP contribution in [0.3, 0.4) is 0 Å². The van der Waals surface area contributed by atoms with Crippen LogP contribution >= 0.6 is 0 Å². The number of benzene rings is 2. The molecule has 3 amide bonds. The van der Waals surface area contributed by atoms with Gasteiger partial charge in [-0.1, -0.05) is 56.2 Å². The summed E-state index contributed by atoms with van der Waals surface area (Å²) in [6.45, 7) is 8.70. The zero-order chi connectivity index (χ0) is 30.8. The average molecular weight is 575 g/mol. The summed E-state index contributed by atoms with van der Waals surface area (Å²) in [6.07, 6.45) is 1.13. The normalized spacial score (nSPS) is 12.8. The monoisotopic (exact) mass is 574 g/mol. The summed E-state index contributed by atoms with van der Waals surface area (Å²) >= 11 is 0. The molecule has 11 nitrogen and oxygen atoms in total. The molecule has 3 rings (SSSR count). The Hall–Kier alpha value is -4.28. The Kier molecular flexibility index (Phi) is 15.4. The lowest BCUT2D eigenvalue weighted by molar-refractivity contribution is -0.130. The molecule has 1 atom stereocenters. The number of carbonyl (C=O) groups is 4. The highest BCUT2D eigenvalue weighted by atomic mass is 16.6. The number of rotatable bonds is 10. The first-order chi connectivity index (χ1) is 19.5. The largest absolute Gasteiger partial charge is 0.496 e. The molecule has 0 aliphatic carbocycles. The van der Waals surface area contributed by atoms with Crippen molar-refractivity contribution in [2.45, 2.75) is 65.1 Å². The number of carbonyl (C=O) groups excluding carboxylic acids is 4. The molecule has 2 aromatic carbocycles. The summed E-state index contributed by atoms with van der Waals surface area (Å²) in [4.78, 5) is 45.6. The van der Waals surface area contributed by atoms with Gasteiger partial charge in [0.2, 0.25) is 5.91 Å². The second-order valence-electron chi connectivity index (χ2n) is 9.80. The highest BCUT2D eigenvalue weighted by molar-refractivity contribution is 5.97. The van der Waals surface area contributed by atoms with Crippen molar-refractivity contribution in [3.8, 4) is 11.5 Å². The number of primary amides is 1. The van der Waals surface area contributed by atoms with Crippen molar-refractivity contribution >= 4 is 24.6 Å². The van der Waals surface area contributed by atoms with Gasteiger partial charge >= 0.3 is 12.2 Å². The number of nitrogens with two attached hydrogens (primary N) is 1. The summed E-state index contributed by atoms with van der Waals surface area (Å²) in [5.74, 6) is 0.424. The molecule has 1 fully saturated rings. The molecule has 0 radical (unpaired) electrons. The summed E-state index contributed by atoms with van der Waals surface area (Å²) in [6, 6.07) is 15.0. The minimum atomic E-state index is -0.725. The lowest BCUT2D eigenvalue weighted by atomic mass is 9.90. The molecule has 0 bridgehead atoms. The van der Waals surface area contributed by atoms with Crippen LogP contribution in [0.2, 0.25) is 0 Å². The molecular formula is C30H42N2O9. The fourth-order valence-electron chi connectivity index (χ4n) is 3.81. The minimum absolute atomic E-state index is 0.244. The Bertz CT molecular complexity index is 1080. The summed E-state index contributed by atoms with van der Waals surface area (Å²) in [5, 5.41) is 0. The molecule has 0 saturated carbocycles. The topological polar surface area (TPSA) is 144 Å². The maximum absolute atomic E-state index is 12.9. The van der Waals surface area contributed by atoms with E-state index in [0.717, 1.165) is 18.4 Å². The molecule has 226 valence electrons. The van der Waals surface area contributed by atoms with Gasteiger partial charge in [0.25, 0.3) is 6.47 Å². The highest BCUT2D eigenvalue weighted by Crippen LogP contribution is 2.39. The fourth-order valence-corrected chi connectivity index (χ4v) is 3.81. The van der Waals surface area contributed by atoms with Gasteiger partial charge in [-0.3, -0.25) is 9.59 Å². The fraction of sp³-hybridized carbons (Fsp3) is 0.467. The van der Waals surface area contributed by atoms with Crippen LogP contribution in [0, 0.1) is 0 Å². The zero-order valence-electron chi connectivity index (χ0n) is 24.7. The van der Waals surface area contributed by atoms with E-state index in [2.05, 4.69) is 16.4 Å². The third-order valence-corrected chi connectivity index (χ3v) is 5.55. The molecule has 1 unspecified atom stereocenters. The van der Waals surface area contributed by atoms with Gasteiger partial charge in [-0.15, -0.1) is 0 Å². The SMILES string of the molecule is CC(C)(C)OC(N)=O.CCCCC(C(=O)N1CCOC1=O)c1c(OC)cccc1OC.O=COCc1ccccc1. The van der Waals surface area contributed by atoms with E-state index in [4.69, 9.17) is 19.9 Å². The quantitative estimate of drug-likeness (QED) is 0.299. The van der Waals surface area contributed by atoms with Gasteiger partial charge in [-0.05, 0) is 44.9 Å². The summed E-state index contributed by atoms with van der Waals surface area (Å²) in [5.41, 5.74) is 5.96. The molecule has 0 aromatic heterocycles. The van der Waals surface area contributed by atoms with Crippen molar-refractivity contribution in [2.24, 2.45) is 5.73 Å². The van der Waals surface area contributed by atoms with Crippen molar-refractivity contribution < 1.29 is 42.9 Å². The Morgan fingerprint density at radius 1 is 1.05 bits per heavy atom. The van der Waals surface area contributed by atoms with Gasteiger partial charge < -0.3 is 29.4 Å². The van der Waals surface area contributed by atoms with E-state index in [1.807, 2.05) is 36.4 Å². The molecule has 1 aliphatic rings. The van der Waals surface area contributed by atoms with E-state index in [9.17, 15) is 19.2 Å². The van der Waals surface area contributed by atoms with E-state index in [-0.39, 0.29) is 19.1 Å². The van der Waals surface area contributed by atoms with Crippen LogP contribution in [-0.2, 0) is 30.4 Å². The second-order valence-corrected chi connectivity index (χ2v) is 9.80. The second kappa shape index (κ2) is 18.1. The van der Waals surface area contributed by atoms with E-state index >= 15 is 0 Å². The van der Waals surface area contributed by atoms with E-state index in [1.165, 1.54) is 4.90 Å². The van der Waals surface area contributed by atoms with Gasteiger partial charge in [-0.2, -0.15) is 0 Å². The van der Waals surface area contributed by atoms with Crippen LogP contribution in [0.15, 0.2) is 48.5 Å². The predicted octanol–water partition coefficient (Wildman–Crippen LogP) is 5.20. The molecule has 11 heteroatoms. The minimum Gasteiger partial charge on any atom is -0.496 e. The van der Waals surface area contributed by atoms with Gasteiger partial charge in [0.1, 0.15) is 30.3 Å². The molecule has 1 heterocycles. The van der Waals surface area contributed by atoms with Gasteiger partial charge in [0, 0.05) is 5.56 Å². The van der Waals surface area contributed by atoms with Crippen molar-refractivity contribution in [3.05, 3.63) is 59.7 Å². The van der Waals surface area contributed by atoms with Crippen LogP contribution in [0.4, 0.5) is 9.59 Å². The molecule has 1 aliphatic heterocycles. The highest BCUT2D eigenvalue weighted by Gasteiger charge is 2.36. The van der Waals surface area contributed by atoms with Crippen LogP contribution in [0.25, 0.3) is 0 Å². The lowest BCUT2D eigenvalue weighted by Crippen LogP contribution is -2.36. The third kappa shape index (κ3) is 12.6. The average Bonchev–Trinajstić information content (AvgIpc) is 3.37. The smallest absolute Gasteiger partial charge is 0.416 e. The molecule has 0 spiro atoms. The number of cyclic esters (lactones) is 1. The Balaban J connectivity index is 0.000000383. The lowest BCUT2D eigenvalue weighted by Gasteiger charge is -2.24. The Morgan fingerprint density at radius 2 is 1.66 bits per heavy atom. The van der Waals surface area contributed by atoms with Gasteiger partial charge in [0.15, 0.2) is 0 Å². The number of ether oxygens (including phenoxy) is 5. The van der Waals surface area contributed by atoms with E-state index in [0.29, 0.717) is 36.6 Å². The number of unbranched alkanes of at least 4 members (excludes halogenated alkanes) is 1. The van der Waals surface area contributed by atoms with Crippen molar-refractivity contribution in [3.63, 3.8) is 0 Å². The van der Waals surface area contributed by atoms with Gasteiger partial charge in [0.05, 0.1) is 26.7 Å². The number of hydrogen-bond acceptors (Lipinski definition) is 9. The molecular weight excluding hydrogens is 532 g/mol. The maximum atomic E-state index is 12.9. The van der Waals surface area contributed by atoms with Crippen LogP contribution in [0.5, 0.6) is 11.5 Å². The summed E-state index contributed by atoms with van der Waals surface area (Å²) < 4.78 is 24.9. The third-order valence-electron chi connectivity index (χ3n) is 5.55. The van der Waals surface area contributed by atoms with E-state index < -0.39 is 23.7 Å². The number of nitrogens with zero attached hydrogens (tertiary/aromatic N) is 1. The standard InChI is InChI=1S/C17H23NO5.C8H8O2.C5H11NO2/c1-4-5-7-12(16(19)18-10-11-23-17(18)20)15-13(21-2)8-6-9-14(15)22-3;9-7-10-6-8-4-2-1-3-5-8;1-5(2,3)8-4(6)7/h6,8-9,12H,4-5,7,10-11H2,1-3H3;1-5,7H,6H2;1-3H3,(H2,6,7). The number of methoxy groups -OCH3 is 2.